The Morgan fingerprint density at radius 3 is 2.38 bits per heavy atom. The van der Waals surface area contributed by atoms with Crippen LogP contribution in [0.1, 0.15) is 21.0 Å². The Kier molecular flexibility index (Phi) is 5.47. The lowest BCUT2D eigenvalue weighted by Gasteiger charge is -2.17. The Balaban J connectivity index is 1.74. The minimum absolute atomic E-state index is 0.0198. The molecule has 0 bridgehead atoms. The molecule has 134 valence electrons. The van der Waals surface area contributed by atoms with Crippen molar-refractivity contribution in [1.82, 2.24) is 9.88 Å². The standard InChI is InChI=1S/C21H21FN2OS/c1-14-4-8-17(9-5-14)21-19(26-15(2)23-21)12-20(25)24(3)13-16-6-10-18(22)11-7-16/h4-11H,12-13H2,1-3H3. The lowest BCUT2D eigenvalue weighted by Crippen LogP contribution is -2.27. The van der Waals surface area contributed by atoms with Gasteiger partial charge in [-0.3, -0.25) is 4.79 Å². The highest BCUT2D eigenvalue weighted by atomic mass is 32.1. The SMILES string of the molecule is Cc1ccc(-c2nc(C)sc2CC(=O)N(C)Cc2ccc(F)cc2)cc1. The molecule has 0 saturated heterocycles. The molecule has 0 aliphatic rings. The van der Waals surface area contributed by atoms with E-state index in [-0.39, 0.29) is 11.7 Å². The van der Waals surface area contributed by atoms with Crippen LogP contribution in [0.15, 0.2) is 48.5 Å². The molecule has 2 aromatic carbocycles. The van der Waals surface area contributed by atoms with Crippen LogP contribution in [0, 0.1) is 19.7 Å². The number of carbonyl (C=O) groups excluding carboxylic acids is 1. The van der Waals surface area contributed by atoms with Crippen molar-refractivity contribution in [2.24, 2.45) is 0 Å². The van der Waals surface area contributed by atoms with Crippen LogP contribution in [0.2, 0.25) is 0 Å². The maximum Gasteiger partial charge on any atom is 0.227 e. The van der Waals surface area contributed by atoms with E-state index in [4.69, 9.17) is 0 Å². The summed E-state index contributed by atoms with van der Waals surface area (Å²) >= 11 is 1.56. The molecule has 1 amide bonds. The fourth-order valence-corrected chi connectivity index (χ4v) is 3.70. The van der Waals surface area contributed by atoms with E-state index in [1.54, 1.807) is 35.4 Å². The Hall–Kier alpha value is -2.53. The fraction of sp³-hybridized carbons (Fsp3) is 0.238. The molecule has 0 fully saturated rings. The van der Waals surface area contributed by atoms with Gasteiger partial charge in [-0.25, -0.2) is 9.37 Å². The molecule has 0 N–H and O–H groups in total. The number of aryl methyl sites for hydroxylation is 2. The van der Waals surface area contributed by atoms with E-state index < -0.39 is 0 Å². The summed E-state index contributed by atoms with van der Waals surface area (Å²) in [5, 5.41) is 0.949. The van der Waals surface area contributed by atoms with Gasteiger partial charge < -0.3 is 4.90 Å². The molecule has 0 radical (unpaired) electrons. The van der Waals surface area contributed by atoms with Crippen LogP contribution in [0.25, 0.3) is 11.3 Å². The highest BCUT2D eigenvalue weighted by molar-refractivity contribution is 7.12. The maximum atomic E-state index is 13.0. The largest absolute Gasteiger partial charge is 0.341 e. The Morgan fingerprint density at radius 2 is 1.73 bits per heavy atom. The molecule has 3 nitrogen and oxygen atoms in total. The van der Waals surface area contributed by atoms with E-state index in [0.717, 1.165) is 26.7 Å². The number of rotatable bonds is 5. The highest BCUT2D eigenvalue weighted by Gasteiger charge is 2.17. The van der Waals surface area contributed by atoms with Crippen LogP contribution in [0.4, 0.5) is 4.39 Å². The second kappa shape index (κ2) is 7.79. The van der Waals surface area contributed by atoms with E-state index in [9.17, 15) is 9.18 Å². The third kappa shape index (κ3) is 4.35. The summed E-state index contributed by atoms with van der Waals surface area (Å²) in [6.45, 7) is 4.46. The van der Waals surface area contributed by atoms with Crippen molar-refractivity contribution < 1.29 is 9.18 Å². The van der Waals surface area contributed by atoms with Gasteiger partial charge in [-0.15, -0.1) is 11.3 Å². The van der Waals surface area contributed by atoms with Crippen LogP contribution < -0.4 is 0 Å². The molecule has 0 spiro atoms. The third-order valence-corrected chi connectivity index (χ3v) is 5.17. The average molecular weight is 368 g/mol. The molecule has 0 unspecified atom stereocenters. The topological polar surface area (TPSA) is 33.2 Å². The molecule has 0 atom stereocenters. The number of hydrogen-bond acceptors (Lipinski definition) is 3. The first kappa shape index (κ1) is 18.3. The number of amides is 1. The van der Waals surface area contributed by atoms with Crippen LogP contribution in [-0.2, 0) is 17.8 Å². The number of benzene rings is 2. The van der Waals surface area contributed by atoms with Crippen molar-refractivity contribution in [1.29, 1.82) is 0 Å². The van der Waals surface area contributed by atoms with Gasteiger partial charge in [0.25, 0.3) is 0 Å². The van der Waals surface area contributed by atoms with Gasteiger partial charge in [-0.05, 0) is 31.5 Å². The number of carbonyl (C=O) groups is 1. The first-order valence-corrected chi connectivity index (χ1v) is 9.26. The van der Waals surface area contributed by atoms with Gasteiger partial charge in [0, 0.05) is 24.0 Å². The van der Waals surface area contributed by atoms with Crippen LogP contribution >= 0.6 is 11.3 Å². The number of thiazole rings is 1. The molecule has 26 heavy (non-hydrogen) atoms. The van der Waals surface area contributed by atoms with Gasteiger partial charge in [0.15, 0.2) is 0 Å². The second-order valence-electron chi connectivity index (χ2n) is 6.42. The molecule has 0 saturated carbocycles. The number of likely N-dealkylation sites (N-methyl/N-ethyl adjacent to an activating group) is 1. The molecule has 3 aromatic rings. The van der Waals surface area contributed by atoms with Crippen molar-refractivity contribution in [2.75, 3.05) is 7.05 Å². The van der Waals surface area contributed by atoms with Crippen molar-refractivity contribution in [2.45, 2.75) is 26.8 Å². The van der Waals surface area contributed by atoms with Gasteiger partial charge in [0.1, 0.15) is 5.82 Å². The zero-order valence-electron chi connectivity index (χ0n) is 15.1. The maximum absolute atomic E-state index is 13.0. The number of aromatic nitrogens is 1. The van der Waals surface area contributed by atoms with Gasteiger partial charge in [0.05, 0.1) is 17.1 Å². The molecule has 3 rings (SSSR count). The molecule has 0 aliphatic carbocycles. The number of hydrogen-bond donors (Lipinski definition) is 0. The molecule has 1 heterocycles. The molecule has 1 aromatic heterocycles. The first-order valence-electron chi connectivity index (χ1n) is 8.44. The molecule has 0 aliphatic heterocycles. The predicted octanol–water partition coefficient (Wildman–Crippen LogP) is 4.77. The van der Waals surface area contributed by atoms with E-state index in [2.05, 4.69) is 17.1 Å². The van der Waals surface area contributed by atoms with Crippen LogP contribution in [0.5, 0.6) is 0 Å². The molecular formula is C21H21FN2OS. The van der Waals surface area contributed by atoms with Crippen LogP contribution in [-0.4, -0.2) is 22.8 Å². The summed E-state index contributed by atoms with van der Waals surface area (Å²) in [7, 11) is 1.77. The predicted molar refractivity (Wildman–Crippen MR) is 104 cm³/mol. The summed E-state index contributed by atoms with van der Waals surface area (Å²) in [6, 6.07) is 14.4. The minimum atomic E-state index is -0.273. The molecular weight excluding hydrogens is 347 g/mol. The number of halogens is 1. The summed E-state index contributed by atoms with van der Waals surface area (Å²) in [5.74, 6) is -0.253. The lowest BCUT2D eigenvalue weighted by atomic mass is 10.1. The quantitative estimate of drug-likeness (QED) is 0.650. The summed E-state index contributed by atoms with van der Waals surface area (Å²) < 4.78 is 13.0. The second-order valence-corrected chi connectivity index (χ2v) is 7.71. The van der Waals surface area contributed by atoms with E-state index in [0.29, 0.717) is 13.0 Å². The Bertz CT molecular complexity index is 901. The monoisotopic (exact) mass is 368 g/mol. The van der Waals surface area contributed by atoms with Crippen molar-refractivity contribution in [3.63, 3.8) is 0 Å². The zero-order chi connectivity index (χ0) is 18.7. The van der Waals surface area contributed by atoms with Gasteiger partial charge in [-0.2, -0.15) is 0 Å². The van der Waals surface area contributed by atoms with Gasteiger partial charge in [0.2, 0.25) is 5.91 Å². The van der Waals surface area contributed by atoms with Crippen molar-refractivity contribution >= 4 is 17.2 Å². The fourth-order valence-electron chi connectivity index (χ4n) is 2.75. The van der Waals surface area contributed by atoms with Crippen molar-refractivity contribution in [3.8, 4) is 11.3 Å². The summed E-state index contributed by atoms with van der Waals surface area (Å²) in [4.78, 5) is 19.9. The van der Waals surface area contributed by atoms with Gasteiger partial charge in [-0.1, -0.05) is 42.0 Å². The summed E-state index contributed by atoms with van der Waals surface area (Å²) in [6.07, 6.45) is 0.312. The van der Waals surface area contributed by atoms with Crippen molar-refractivity contribution in [3.05, 3.63) is 75.4 Å². The zero-order valence-corrected chi connectivity index (χ0v) is 15.9. The van der Waals surface area contributed by atoms with E-state index in [1.165, 1.54) is 17.7 Å². The Morgan fingerprint density at radius 1 is 1.08 bits per heavy atom. The lowest BCUT2D eigenvalue weighted by molar-refractivity contribution is -0.129. The van der Waals surface area contributed by atoms with Crippen LogP contribution in [0.3, 0.4) is 0 Å². The van der Waals surface area contributed by atoms with E-state index in [1.807, 2.05) is 26.0 Å². The molecule has 5 heteroatoms. The summed E-state index contributed by atoms with van der Waals surface area (Å²) in [5.41, 5.74) is 4.01. The van der Waals surface area contributed by atoms with Gasteiger partial charge >= 0.3 is 0 Å². The van der Waals surface area contributed by atoms with E-state index >= 15 is 0 Å². The first-order chi connectivity index (χ1) is 12.4. The number of nitrogens with zero attached hydrogens (tertiary/aromatic N) is 2. The normalized spacial score (nSPS) is 10.8. The third-order valence-electron chi connectivity index (χ3n) is 4.20. The average Bonchev–Trinajstić information content (AvgIpc) is 2.97. The minimum Gasteiger partial charge on any atom is -0.341 e. The highest BCUT2D eigenvalue weighted by Crippen LogP contribution is 2.29. The smallest absolute Gasteiger partial charge is 0.227 e. The Labute approximate surface area is 157 Å².